The number of Topliss-reactive ketones (excluding diaryl/α,β-unsaturated/α-hetero) is 1. The number of hydrogen-bond acceptors (Lipinski definition) is 3. The topological polar surface area (TPSA) is 30.0 Å². The van der Waals surface area contributed by atoms with Gasteiger partial charge in [-0.3, -0.25) is 4.79 Å². The Morgan fingerprint density at radius 1 is 1.22 bits per heavy atom. The molecule has 0 aliphatic heterocycles. The Labute approximate surface area is 166 Å². The molecule has 2 aliphatic rings. The summed E-state index contributed by atoms with van der Waals surface area (Å²) in [5, 5.41) is 0. The quantitative estimate of drug-likeness (QED) is 0.635. The molecule has 1 aromatic carbocycles. The number of carbonyl (C=O) groups is 1. The van der Waals surface area contributed by atoms with Crippen LogP contribution in [0.4, 0.5) is 0 Å². The molecule has 2 aromatic rings. The highest BCUT2D eigenvalue weighted by molar-refractivity contribution is 7.10. The molecule has 27 heavy (non-hydrogen) atoms. The highest BCUT2D eigenvalue weighted by atomic mass is 32.1. The zero-order chi connectivity index (χ0) is 19.4. The van der Waals surface area contributed by atoms with Crippen LogP contribution >= 0.6 is 11.3 Å². The Morgan fingerprint density at radius 2 is 2.00 bits per heavy atom. The maximum absolute atomic E-state index is 13.5. The lowest BCUT2D eigenvalue weighted by atomic mass is 9.58. The second kappa shape index (κ2) is 6.41. The first-order valence-corrected chi connectivity index (χ1v) is 11.0. The first kappa shape index (κ1) is 18.6. The maximum atomic E-state index is 13.5. The van der Waals surface area contributed by atoms with E-state index < -0.39 is 0 Å². The summed E-state index contributed by atoms with van der Waals surface area (Å²) in [7, 11) is 0. The molecule has 4 rings (SSSR count). The predicted octanol–water partition coefficient (Wildman–Crippen LogP) is 6.20. The van der Waals surface area contributed by atoms with Crippen molar-refractivity contribution < 1.29 is 4.79 Å². The lowest BCUT2D eigenvalue weighted by Crippen LogP contribution is -2.42. The Balaban J connectivity index is 2.01. The number of ketones is 1. The van der Waals surface area contributed by atoms with Crippen molar-refractivity contribution in [3.63, 3.8) is 0 Å². The SMILES string of the molecule is CCC1(c2cccc(C(C)C)c2)C2=C(Cc3ncsc31)CC(C)(C)CC2=O. The van der Waals surface area contributed by atoms with Gasteiger partial charge in [0.05, 0.1) is 16.6 Å². The second-order valence-electron chi connectivity index (χ2n) is 9.26. The molecule has 3 heteroatoms. The van der Waals surface area contributed by atoms with Crippen molar-refractivity contribution in [2.45, 2.75) is 71.6 Å². The van der Waals surface area contributed by atoms with Gasteiger partial charge in [-0.15, -0.1) is 11.3 Å². The van der Waals surface area contributed by atoms with Crippen LogP contribution in [0.2, 0.25) is 0 Å². The summed E-state index contributed by atoms with van der Waals surface area (Å²) in [5.74, 6) is 0.815. The molecule has 0 radical (unpaired) electrons. The monoisotopic (exact) mass is 379 g/mol. The Hall–Kier alpha value is -1.74. The molecule has 0 N–H and O–H groups in total. The maximum Gasteiger partial charge on any atom is 0.160 e. The van der Waals surface area contributed by atoms with Gasteiger partial charge in [0.1, 0.15) is 0 Å². The van der Waals surface area contributed by atoms with E-state index in [0.29, 0.717) is 18.1 Å². The van der Waals surface area contributed by atoms with Crippen LogP contribution in [0.25, 0.3) is 0 Å². The van der Waals surface area contributed by atoms with E-state index in [-0.39, 0.29) is 10.8 Å². The number of aromatic nitrogens is 1. The highest BCUT2D eigenvalue weighted by Gasteiger charge is 2.50. The van der Waals surface area contributed by atoms with Gasteiger partial charge in [0.15, 0.2) is 5.78 Å². The summed E-state index contributed by atoms with van der Waals surface area (Å²) in [4.78, 5) is 19.5. The summed E-state index contributed by atoms with van der Waals surface area (Å²) in [6, 6.07) is 8.92. The van der Waals surface area contributed by atoms with Crippen molar-refractivity contribution in [2.24, 2.45) is 5.41 Å². The van der Waals surface area contributed by atoms with E-state index in [0.717, 1.165) is 24.8 Å². The second-order valence-corrected chi connectivity index (χ2v) is 10.1. The van der Waals surface area contributed by atoms with Crippen molar-refractivity contribution in [3.05, 3.63) is 62.6 Å². The lowest BCUT2D eigenvalue weighted by molar-refractivity contribution is -0.118. The van der Waals surface area contributed by atoms with Gasteiger partial charge < -0.3 is 0 Å². The molecule has 1 heterocycles. The van der Waals surface area contributed by atoms with E-state index in [1.54, 1.807) is 11.3 Å². The molecule has 2 aliphatic carbocycles. The number of fused-ring (bicyclic) bond motifs is 1. The molecule has 0 fully saturated rings. The van der Waals surface area contributed by atoms with Gasteiger partial charge in [-0.2, -0.15) is 0 Å². The Morgan fingerprint density at radius 3 is 2.70 bits per heavy atom. The molecule has 0 amide bonds. The molecule has 1 atom stereocenters. The van der Waals surface area contributed by atoms with Crippen molar-refractivity contribution in [3.8, 4) is 0 Å². The molecule has 0 bridgehead atoms. The first-order chi connectivity index (χ1) is 12.8. The number of hydrogen-bond donors (Lipinski definition) is 0. The zero-order valence-electron chi connectivity index (χ0n) is 17.1. The van der Waals surface area contributed by atoms with E-state index in [1.807, 2.05) is 5.51 Å². The standard InChI is InChI=1S/C24H29NOS/c1-6-24(18-9-7-8-16(10-18)15(2)3)21-17(11-19-22(24)27-14-25-19)12-23(4,5)13-20(21)26/h7-10,14-15H,6,11-13H2,1-5H3. The van der Waals surface area contributed by atoms with Gasteiger partial charge in [0, 0.05) is 23.3 Å². The number of carbonyl (C=O) groups excluding carboxylic acids is 1. The van der Waals surface area contributed by atoms with Crippen LogP contribution in [-0.4, -0.2) is 10.8 Å². The number of allylic oxidation sites excluding steroid dienone is 2. The molecule has 1 unspecified atom stereocenters. The third kappa shape index (κ3) is 2.82. The molecule has 0 spiro atoms. The van der Waals surface area contributed by atoms with Gasteiger partial charge >= 0.3 is 0 Å². The average molecular weight is 380 g/mol. The normalized spacial score (nSPS) is 24.1. The van der Waals surface area contributed by atoms with Crippen LogP contribution < -0.4 is 0 Å². The first-order valence-electron chi connectivity index (χ1n) is 10.1. The predicted molar refractivity (Wildman–Crippen MR) is 112 cm³/mol. The molecule has 0 saturated heterocycles. The summed E-state index contributed by atoms with van der Waals surface area (Å²) in [5.41, 5.74) is 7.87. The Bertz CT molecular complexity index is 933. The smallest absolute Gasteiger partial charge is 0.160 e. The van der Waals surface area contributed by atoms with Gasteiger partial charge in [-0.25, -0.2) is 4.98 Å². The van der Waals surface area contributed by atoms with E-state index in [4.69, 9.17) is 4.98 Å². The fourth-order valence-electron chi connectivity index (χ4n) is 5.18. The number of thiazole rings is 1. The van der Waals surface area contributed by atoms with Crippen LogP contribution in [0.15, 0.2) is 40.9 Å². The average Bonchev–Trinajstić information content (AvgIpc) is 3.07. The fourth-order valence-corrected chi connectivity index (χ4v) is 6.29. The summed E-state index contributed by atoms with van der Waals surface area (Å²) in [6.07, 6.45) is 3.38. The van der Waals surface area contributed by atoms with Crippen molar-refractivity contribution in [2.75, 3.05) is 0 Å². The zero-order valence-corrected chi connectivity index (χ0v) is 17.9. The van der Waals surface area contributed by atoms with Crippen LogP contribution in [0.5, 0.6) is 0 Å². The van der Waals surface area contributed by atoms with Crippen LogP contribution in [0.1, 0.15) is 81.5 Å². The highest BCUT2D eigenvalue weighted by Crippen LogP contribution is 2.55. The Kier molecular flexibility index (Phi) is 4.42. The number of rotatable bonds is 3. The van der Waals surface area contributed by atoms with Gasteiger partial charge in [-0.05, 0) is 35.3 Å². The molecule has 142 valence electrons. The van der Waals surface area contributed by atoms with E-state index in [1.165, 1.54) is 27.3 Å². The van der Waals surface area contributed by atoms with Crippen LogP contribution in [-0.2, 0) is 16.6 Å². The third-order valence-corrected chi connectivity index (χ3v) is 7.41. The minimum absolute atomic E-state index is 0.0443. The van der Waals surface area contributed by atoms with Gasteiger partial charge in [0.25, 0.3) is 0 Å². The third-order valence-electron chi connectivity index (χ3n) is 6.38. The summed E-state index contributed by atoms with van der Waals surface area (Å²) in [6.45, 7) is 11.1. The van der Waals surface area contributed by atoms with Gasteiger partial charge in [0.2, 0.25) is 0 Å². The minimum atomic E-state index is -0.331. The lowest BCUT2D eigenvalue weighted by Gasteiger charge is -2.45. The largest absolute Gasteiger partial charge is 0.294 e. The van der Waals surface area contributed by atoms with Crippen molar-refractivity contribution in [1.29, 1.82) is 0 Å². The number of nitrogens with zero attached hydrogens (tertiary/aromatic N) is 1. The van der Waals surface area contributed by atoms with E-state index in [9.17, 15) is 4.79 Å². The van der Waals surface area contributed by atoms with Crippen molar-refractivity contribution in [1.82, 2.24) is 4.98 Å². The molecular formula is C24H29NOS. The van der Waals surface area contributed by atoms with Crippen LogP contribution in [0, 0.1) is 5.41 Å². The van der Waals surface area contributed by atoms with E-state index in [2.05, 4.69) is 58.9 Å². The number of benzene rings is 1. The van der Waals surface area contributed by atoms with Gasteiger partial charge in [-0.1, -0.05) is 64.5 Å². The van der Waals surface area contributed by atoms with Crippen molar-refractivity contribution >= 4 is 17.1 Å². The fraction of sp³-hybridized carbons (Fsp3) is 0.500. The van der Waals surface area contributed by atoms with Crippen LogP contribution in [0.3, 0.4) is 0 Å². The van der Waals surface area contributed by atoms with E-state index >= 15 is 0 Å². The molecular weight excluding hydrogens is 350 g/mol. The molecule has 1 aromatic heterocycles. The summed E-state index contributed by atoms with van der Waals surface area (Å²) >= 11 is 1.73. The molecule has 0 saturated carbocycles. The molecule has 2 nitrogen and oxygen atoms in total. The minimum Gasteiger partial charge on any atom is -0.294 e. The summed E-state index contributed by atoms with van der Waals surface area (Å²) < 4.78 is 0.